The number of carbonyl (C=O) groups is 1. The van der Waals surface area contributed by atoms with Crippen LogP contribution in [0.2, 0.25) is 0 Å². The molecule has 4 heteroatoms. The molecule has 0 aliphatic carbocycles. The highest BCUT2D eigenvalue weighted by Crippen LogP contribution is 2.16. The predicted octanol–water partition coefficient (Wildman–Crippen LogP) is 2.21. The molecular formula is C15H20N2O2. The number of aliphatic hydroxyl groups is 1. The van der Waals surface area contributed by atoms with E-state index in [0.29, 0.717) is 13.1 Å². The third kappa shape index (κ3) is 4.31. The number of carbonyl (C=O) groups excluding carboxylic acids is 1. The molecule has 0 saturated carbocycles. The molecule has 0 heterocycles. The van der Waals surface area contributed by atoms with E-state index in [-0.39, 0.29) is 12.6 Å². The van der Waals surface area contributed by atoms with Crippen molar-refractivity contribution >= 4 is 11.7 Å². The van der Waals surface area contributed by atoms with E-state index in [4.69, 9.17) is 5.11 Å². The average Bonchev–Trinajstić information content (AvgIpc) is 2.40. The van der Waals surface area contributed by atoms with E-state index in [2.05, 4.69) is 17.2 Å². The third-order valence-corrected chi connectivity index (χ3v) is 2.83. The quantitative estimate of drug-likeness (QED) is 0.819. The first-order valence-corrected chi connectivity index (χ1v) is 6.38. The molecule has 0 aliphatic heterocycles. The van der Waals surface area contributed by atoms with E-state index < -0.39 is 0 Å². The van der Waals surface area contributed by atoms with Crippen LogP contribution in [0.1, 0.15) is 25.0 Å². The molecule has 0 aliphatic rings. The number of benzene rings is 1. The Kier molecular flexibility index (Phi) is 5.91. The van der Waals surface area contributed by atoms with Crippen LogP contribution >= 0.6 is 0 Å². The van der Waals surface area contributed by atoms with Crippen LogP contribution in [0.5, 0.6) is 0 Å². The van der Waals surface area contributed by atoms with Gasteiger partial charge in [-0.15, -0.1) is 0 Å². The molecule has 2 amide bonds. The van der Waals surface area contributed by atoms with Gasteiger partial charge < -0.3 is 15.3 Å². The number of nitrogens with zero attached hydrogens (tertiary/aromatic N) is 1. The predicted molar refractivity (Wildman–Crippen MR) is 77.1 cm³/mol. The molecule has 1 rings (SSSR count). The molecule has 0 radical (unpaired) electrons. The number of hydrogen-bond acceptors (Lipinski definition) is 2. The molecule has 19 heavy (non-hydrogen) atoms. The van der Waals surface area contributed by atoms with Gasteiger partial charge in [-0.25, -0.2) is 4.79 Å². The normalized spacial score (nSPS) is 9.47. The maximum absolute atomic E-state index is 11.9. The number of amides is 2. The number of rotatable bonds is 3. The van der Waals surface area contributed by atoms with Crippen molar-refractivity contribution in [2.24, 2.45) is 0 Å². The van der Waals surface area contributed by atoms with Gasteiger partial charge in [-0.2, -0.15) is 0 Å². The van der Waals surface area contributed by atoms with Crippen LogP contribution in [0.15, 0.2) is 18.2 Å². The minimum absolute atomic E-state index is 0.0951. The van der Waals surface area contributed by atoms with Crippen LogP contribution < -0.4 is 5.32 Å². The van der Waals surface area contributed by atoms with Gasteiger partial charge in [0.1, 0.15) is 6.61 Å². The number of nitrogens with one attached hydrogen (secondary N) is 1. The smallest absolute Gasteiger partial charge is 0.321 e. The summed E-state index contributed by atoms with van der Waals surface area (Å²) in [6.45, 7) is 7.03. The summed E-state index contributed by atoms with van der Waals surface area (Å²) in [6, 6.07) is 5.45. The monoisotopic (exact) mass is 260 g/mol. The van der Waals surface area contributed by atoms with Crippen molar-refractivity contribution in [2.75, 3.05) is 25.0 Å². The van der Waals surface area contributed by atoms with Crippen LogP contribution in [0.3, 0.4) is 0 Å². The average molecular weight is 260 g/mol. The number of aryl methyl sites for hydroxylation is 1. The van der Waals surface area contributed by atoms with Gasteiger partial charge in [0.05, 0.1) is 0 Å². The zero-order valence-electron chi connectivity index (χ0n) is 11.7. The lowest BCUT2D eigenvalue weighted by Gasteiger charge is -2.20. The highest BCUT2D eigenvalue weighted by atomic mass is 16.2. The molecule has 0 fully saturated rings. The summed E-state index contributed by atoms with van der Waals surface area (Å²) >= 11 is 0. The van der Waals surface area contributed by atoms with Crippen LogP contribution in [0.25, 0.3) is 0 Å². The van der Waals surface area contributed by atoms with E-state index in [0.717, 1.165) is 16.8 Å². The molecule has 0 atom stereocenters. The van der Waals surface area contributed by atoms with Crippen LogP contribution in [-0.4, -0.2) is 35.7 Å². The number of urea groups is 1. The fourth-order valence-electron chi connectivity index (χ4n) is 1.73. The Bertz CT molecular complexity index is 497. The Morgan fingerprint density at radius 2 is 2.05 bits per heavy atom. The van der Waals surface area contributed by atoms with Crippen molar-refractivity contribution < 1.29 is 9.90 Å². The van der Waals surface area contributed by atoms with E-state index >= 15 is 0 Å². The van der Waals surface area contributed by atoms with Crippen LogP contribution in [0.4, 0.5) is 10.5 Å². The van der Waals surface area contributed by atoms with Gasteiger partial charge in [0.15, 0.2) is 0 Å². The Morgan fingerprint density at radius 1 is 1.37 bits per heavy atom. The zero-order chi connectivity index (χ0) is 14.3. The molecule has 0 bridgehead atoms. The standard InChI is InChI=1S/C15H20N2O2/c1-4-17(5-2)15(19)16-14-9-8-13(7-6-10-18)11-12(14)3/h8-9,11,18H,4-5,10H2,1-3H3,(H,16,19). The van der Waals surface area contributed by atoms with E-state index in [1.54, 1.807) is 4.90 Å². The van der Waals surface area contributed by atoms with Crippen LogP contribution in [-0.2, 0) is 0 Å². The summed E-state index contributed by atoms with van der Waals surface area (Å²) in [5, 5.41) is 11.5. The molecule has 0 aromatic heterocycles. The van der Waals surface area contributed by atoms with Gasteiger partial charge in [0.25, 0.3) is 0 Å². The number of aliphatic hydroxyl groups excluding tert-OH is 1. The van der Waals surface area contributed by atoms with Crippen LogP contribution in [0, 0.1) is 18.8 Å². The second-order valence-corrected chi connectivity index (χ2v) is 4.09. The first-order chi connectivity index (χ1) is 9.12. The minimum Gasteiger partial charge on any atom is -0.384 e. The van der Waals surface area contributed by atoms with E-state index in [1.807, 2.05) is 39.0 Å². The Hall–Kier alpha value is -1.99. The van der Waals surface area contributed by atoms with Crippen molar-refractivity contribution in [3.05, 3.63) is 29.3 Å². The van der Waals surface area contributed by atoms with E-state index in [9.17, 15) is 4.79 Å². The van der Waals surface area contributed by atoms with Crippen molar-refractivity contribution in [1.29, 1.82) is 0 Å². The molecule has 0 unspecified atom stereocenters. The molecule has 102 valence electrons. The maximum Gasteiger partial charge on any atom is 0.321 e. The SMILES string of the molecule is CCN(CC)C(=O)Nc1ccc(C#CCO)cc1C. The number of anilines is 1. The first kappa shape index (κ1) is 15.1. The van der Waals surface area contributed by atoms with Crippen molar-refractivity contribution in [3.8, 4) is 11.8 Å². The topological polar surface area (TPSA) is 52.6 Å². The Labute approximate surface area is 114 Å². The maximum atomic E-state index is 11.9. The molecule has 1 aromatic carbocycles. The molecule has 0 saturated heterocycles. The largest absolute Gasteiger partial charge is 0.384 e. The van der Waals surface area contributed by atoms with Gasteiger partial charge in [-0.05, 0) is 44.5 Å². The summed E-state index contributed by atoms with van der Waals surface area (Å²) in [6.07, 6.45) is 0. The highest BCUT2D eigenvalue weighted by Gasteiger charge is 2.10. The lowest BCUT2D eigenvalue weighted by Crippen LogP contribution is -2.34. The zero-order valence-corrected chi connectivity index (χ0v) is 11.7. The second-order valence-electron chi connectivity index (χ2n) is 4.09. The third-order valence-electron chi connectivity index (χ3n) is 2.83. The van der Waals surface area contributed by atoms with Gasteiger partial charge in [0, 0.05) is 24.3 Å². The molecule has 2 N–H and O–H groups in total. The molecular weight excluding hydrogens is 240 g/mol. The summed E-state index contributed by atoms with van der Waals surface area (Å²) in [7, 11) is 0. The highest BCUT2D eigenvalue weighted by molar-refractivity contribution is 5.90. The fraction of sp³-hybridized carbons (Fsp3) is 0.400. The summed E-state index contributed by atoms with van der Waals surface area (Å²) < 4.78 is 0. The Balaban J connectivity index is 2.83. The fourth-order valence-corrected chi connectivity index (χ4v) is 1.73. The minimum atomic E-state index is -0.153. The summed E-state index contributed by atoms with van der Waals surface area (Å²) in [5.41, 5.74) is 2.56. The molecule has 0 spiro atoms. The lowest BCUT2D eigenvalue weighted by atomic mass is 10.1. The van der Waals surface area contributed by atoms with Gasteiger partial charge >= 0.3 is 6.03 Å². The first-order valence-electron chi connectivity index (χ1n) is 6.38. The van der Waals surface area contributed by atoms with Gasteiger partial charge in [-0.3, -0.25) is 0 Å². The van der Waals surface area contributed by atoms with E-state index in [1.165, 1.54) is 0 Å². The van der Waals surface area contributed by atoms with Crippen molar-refractivity contribution in [3.63, 3.8) is 0 Å². The number of hydrogen-bond donors (Lipinski definition) is 2. The lowest BCUT2D eigenvalue weighted by molar-refractivity contribution is 0.217. The Morgan fingerprint density at radius 3 is 2.58 bits per heavy atom. The summed E-state index contributed by atoms with van der Waals surface area (Å²) in [5.74, 6) is 5.44. The van der Waals surface area contributed by atoms with Gasteiger partial charge in [0.2, 0.25) is 0 Å². The van der Waals surface area contributed by atoms with Gasteiger partial charge in [-0.1, -0.05) is 11.8 Å². The second kappa shape index (κ2) is 7.45. The summed E-state index contributed by atoms with van der Waals surface area (Å²) in [4.78, 5) is 13.7. The van der Waals surface area contributed by atoms with Crippen molar-refractivity contribution in [1.82, 2.24) is 4.90 Å². The molecule has 4 nitrogen and oxygen atoms in total. The molecule has 1 aromatic rings. The van der Waals surface area contributed by atoms with Crippen molar-refractivity contribution in [2.45, 2.75) is 20.8 Å².